The summed E-state index contributed by atoms with van der Waals surface area (Å²) in [4.78, 5) is 15.0. The third-order valence-electron chi connectivity index (χ3n) is 7.57. The second-order valence-electron chi connectivity index (χ2n) is 10.1. The van der Waals surface area contributed by atoms with Crippen LogP contribution in [0.1, 0.15) is 65.6 Å². The molecule has 2 fully saturated rings. The first-order valence-corrected chi connectivity index (χ1v) is 12.5. The molecule has 0 saturated heterocycles. The SMILES string of the molecule is CN(C(=O)c1ccc(OCC2CC2)cc1)C1Cc2ccc(CNCC3CCCC3)cc2C1. The first kappa shape index (κ1) is 21.5. The molecule has 0 aliphatic heterocycles. The molecule has 0 spiro atoms. The maximum Gasteiger partial charge on any atom is 0.253 e. The van der Waals surface area contributed by atoms with Crippen molar-refractivity contribution in [1.82, 2.24) is 10.2 Å². The fraction of sp³-hybridized carbons (Fsp3) is 0.536. The average Bonchev–Trinajstić information content (AvgIpc) is 3.31. The molecule has 0 heterocycles. The van der Waals surface area contributed by atoms with Gasteiger partial charge in [-0.1, -0.05) is 31.0 Å². The number of fused-ring (bicyclic) bond motifs is 1. The molecule has 4 heteroatoms. The lowest BCUT2D eigenvalue weighted by molar-refractivity contribution is 0.0737. The van der Waals surface area contributed by atoms with Crippen molar-refractivity contribution in [3.05, 3.63) is 64.7 Å². The predicted octanol–water partition coefficient (Wildman–Crippen LogP) is 4.99. The molecule has 2 aromatic rings. The van der Waals surface area contributed by atoms with E-state index in [1.807, 2.05) is 36.2 Å². The van der Waals surface area contributed by atoms with Gasteiger partial charge in [0.05, 0.1) is 6.61 Å². The van der Waals surface area contributed by atoms with Crippen molar-refractivity contribution >= 4 is 5.91 Å². The highest BCUT2D eigenvalue weighted by Gasteiger charge is 2.28. The van der Waals surface area contributed by atoms with E-state index in [1.165, 1.54) is 55.2 Å². The Morgan fingerprint density at radius 3 is 2.47 bits per heavy atom. The molecular formula is C28H36N2O2. The van der Waals surface area contributed by atoms with Gasteiger partial charge in [0.15, 0.2) is 0 Å². The topological polar surface area (TPSA) is 41.6 Å². The Hall–Kier alpha value is -2.33. The Balaban J connectivity index is 1.14. The van der Waals surface area contributed by atoms with Crippen molar-refractivity contribution in [1.29, 1.82) is 0 Å². The van der Waals surface area contributed by atoms with Crippen molar-refractivity contribution in [3.63, 3.8) is 0 Å². The number of likely N-dealkylation sites (N-methyl/N-ethyl adjacent to an activating group) is 1. The summed E-state index contributed by atoms with van der Waals surface area (Å²) in [5.74, 6) is 2.55. The summed E-state index contributed by atoms with van der Waals surface area (Å²) in [6, 6.07) is 14.8. The Kier molecular flexibility index (Phi) is 6.49. The number of ether oxygens (including phenoxy) is 1. The summed E-state index contributed by atoms with van der Waals surface area (Å²) < 4.78 is 5.81. The zero-order valence-electron chi connectivity index (χ0n) is 19.3. The van der Waals surface area contributed by atoms with Gasteiger partial charge in [-0.15, -0.1) is 0 Å². The third-order valence-corrected chi connectivity index (χ3v) is 7.57. The van der Waals surface area contributed by atoms with E-state index in [1.54, 1.807) is 0 Å². The number of rotatable bonds is 9. The second-order valence-corrected chi connectivity index (χ2v) is 10.1. The molecule has 2 saturated carbocycles. The lowest BCUT2D eigenvalue weighted by Gasteiger charge is -2.24. The predicted molar refractivity (Wildman–Crippen MR) is 128 cm³/mol. The summed E-state index contributed by atoms with van der Waals surface area (Å²) in [5, 5.41) is 3.66. The van der Waals surface area contributed by atoms with Gasteiger partial charge in [-0.05, 0) is 97.9 Å². The van der Waals surface area contributed by atoms with Crippen LogP contribution >= 0.6 is 0 Å². The number of benzene rings is 2. The maximum atomic E-state index is 13.1. The van der Waals surface area contributed by atoms with Crippen LogP contribution in [-0.2, 0) is 19.4 Å². The van der Waals surface area contributed by atoms with E-state index in [0.29, 0.717) is 0 Å². The largest absolute Gasteiger partial charge is 0.493 e. The highest BCUT2D eigenvalue weighted by Crippen LogP contribution is 2.30. The van der Waals surface area contributed by atoms with Gasteiger partial charge in [-0.25, -0.2) is 0 Å². The van der Waals surface area contributed by atoms with Gasteiger partial charge in [0, 0.05) is 25.2 Å². The van der Waals surface area contributed by atoms with Gasteiger partial charge in [-0.3, -0.25) is 4.79 Å². The van der Waals surface area contributed by atoms with Crippen LogP contribution in [-0.4, -0.2) is 37.0 Å². The summed E-state index contributed by atoms with van der Waals surface area (Å²) >= 11 is 0. The minimum atomic E-state index is 0.0926. The van der Waals surface area contributed by atoms with E-state index >= 15 is 0 Å². The van der Waals surface area contributed by atoms with Crippen molar-refractivity contribution in [3.8, 4) is 5.75 Å². The molecule has 3 aliphatic rings. The quantitative estimate of drug-likeness (QED) is 0.607. The van der Waals surface area contributed by atoms with Gasteiger partial charge in [0.2, 0.25) is 0 Å². The lowest BCUT2D eigenvalue weighted by atomic mass is 10.1. The fourth-order valence-corrected chi connectivity index (χ4v) is 5.23. The van der Waals surface area contributed by atoms with Crippen molar-refractivity contribution < 1.29 is 9.53 Å². The molecule has 32 heavy (non-hydrogen) atoms. The molecular weight excluding hydrogens is 396 g/mol. The van der Waals surface area contributed by atoms with Crippen molar-refractivity contribution in [2.75, 3.05) is 20.2 Å². The Morgan fingerprint density at radius 2 is 1.72 bits per heavy atom. The van der Waals surface area contributed by atoms with E-state index in [-0.39, 0.29) is 11.9 Å². The Labute approximate surface area is 192 Å². The van der Waals surface area contributed by atoms with Crippen LogP contribution in [0.5, 0.6) is 5.75 Å². The normalized spacial score (nSPS) is 20.3. The zero-order valence-corrected chi connectivity index (χ0v) is 19.3. The number of hydrogen-bond acceptors (Lipinski definition) is 3. The first-order valence-electron chi connectivity index (χ1n) is 12.5. The van der Waals surface area contributed by atoms with Crippen LogP contribution in [0, 0.1) is 11.8 Å². The number of amides is 1. The molecule has 0 bridgehead atoms. The van der Waals surface area contributed by atoms with Crippen molar-refractivity contribution in [2.45, 2.75) is 64.0 Å². The lowest BCUT2D eigenvalue weighted by Crippen LogP contribution is -2.37. The molecule has 4 nitrogen and oxygen atoms in total. The van der Waals surface area contributed by atoms with Crippen molar-refractivity contribution in [2.24, 2.45) is 11.8 Å². The highest BCUT2D eigenvalue weighted by molar-refractivity contribution is 5.94. The van der Waals surface area contributed by atoms with Gasteiger partial charge >= 0.3 is 0 Å². The summed E-state index contributed by atoms with van der Waals surface area (Å²) in [5.41, 5.74) is 4.88. The number of hydrogen-bond donors (Lipinski definition) is 1. The average molecular weight is 433 g/mol. The van der Waals surface area contributed by atoms with Gasteiger partial charge in [0.1, 0.15) is 5.75 Å². The summed E-state index contributed by atoms with van der Waals surface area (Å²) in [6.45, 7) is 2.88. The molecule has 0 radical (unpaired) electrons. The molecule has 2 aromatic carbocycles. The maximum absolute atomic E-state index is 13.1. The fourth-order valence-electron chi connectivity index (χ4n) is 5.23. The minimum Gasteiger partial charge on any atom is -0.493 e. The van der Waals surface area contributed by atoms with Crippen LogP contribution in [0.15, 0.2) is 42.5 Å². The second kappa shape index (κ2) is 9.66. The first-order chi connectivity index (χ1) is 15.7. The van der Waals surface area contributed by atoms with Crippen LogP contribution in [0.3, 0.4) is 0 Å². The van der Waals surface area contributed by atoms with Gasteiger partial charge in [0.25, 0.3) is 5.91 Å². The number of nitrogens with zero attached hydrogens (tertiary/aromatic N) is 1. The molecule has 0 aromatic heterocycles. The molecule has 5 rings (SSSR count). The van der Waals surface area contributed by atoms with Crippen LogP contribution < -0.4 is 10.1 Å². The monoisotopic (exact) mass is 432 g/mol. The standard InChI is InChI=1S/C28H36N2O2/c1-30(28(31)23-10-12-27(13-11-23)32-19-21-6-7-21)26-15-24-9-8-22(14-25(24)16-26)18-29-17-20-4-2-3-5-20/h8-14,20-21,26,29H,2-7,15-19H2,1H3. The summed E-state index contributed by atoms with van der Waals surface area (Å²) in [6.07, 6.45) is 10.0. The van der Waals surface area contributed by atoms with Gasteiger partial charge < -0.3 is 15.0 Å². The van der Waals surface area contributed by atoms with Gasteiger partial charge in [-0.2, -0.15) is 0 Å². The molecule has 1 unspecified atom stereocenters. The number of nitrogens with one attached hydrogen (secondary N) is 1. The molecule has 1 atom stereocenters. The molecule has 3 aliphatic carbocycles. The number of carbonyl (C=O) groups excluding carboxylic acids is 1. The Bertz CT molecular complexity index is 929. The smallest absolute Gasteiger partial charge is 0.253 e. The van der Waals surface area contributed by atoms with Crippen LogP contribution in [0.4, 0.5) is 0 Å². The number of carbonyl (C=O) groups is 1. The van der Waals surface area contributed by atoms with E-state index in [9.17, 15) is 4.79 Å². The minimum absolute atomic E-state index is 0.0926. The zero-order chi connectivity index (χ0) is 21.9. The molecule has 1 N–H and O–H groups in total. The molecule has 1 amide bonds. The molecule has 170 valence electrons. The highest BCUT2D eigenvalue weighted by atomic mass is 16.5. The Morgan fingerprint density at radius 1 is 0.969 bits per heavy atom. The van der Waals surface area contributed by atoms with Crippen LogP contribution in [0.2, 0.25) is 0 Å². The third kappa shape index (κ3) is 5.17. The van der Waals surface area contributed by atoms with Crippen LogP contribution in [0.25, 0.3) is 0 Å². The summed E-state index contributed by atoms with van der Waals surface area (Å²) in [7, 11) is 1.94. The van der Waals surface area contributed by atoms with E-state index in [0.717, 1.165) is 55.7 Å². The van der Waals surface area contributed by atoms with E-state index < -0.39 is 0 Å². The van der Waals surface area contributed by atoms with E-state index in [2.05, 4.69) is 23.5 Å². The van der Waals surface area contributed by atoms with E-state index in [4.69, 9.17) is 4.74 Å².